The Bertz CT molecular complexity index is 727. The Morgan fingerprint density at radius 2 is 2.14 bits per heavy atom. The largest absolute Gasteiger partial charge is 0.459 e. The third kappa shape index (κ3) is 3.00. The number of benzene rings is 1. The number of hydrogen-bond donors (Lipinski definition) is 1. The Morgan fingerprint density at radius 1 is 1.29 bits per heavy atom. The highest BCUT2D eigenvalue weighted by Gasteiger charge is 2.14. The monoisotopic (exact) mass is 283 g/mol. The van der Waals surface area contributed by atoms with Crippen LogP contribution in [0.15, 0.2) is 41.1 Å². The standard InChI is InChI=1S/C17H21N3O/c1-3-8-18-10-17-15(12-20-11-13(2)9-19-20)14-6-4-5-7-16(14)21-17/h4-7,9,11,18H,3,8,10,12H2,1-2H3. The number of para-hydroxylation sites is 1. The Hall–Kier alpha value is -2.07. The van der Waals surface area contributed by atoms with Crippen LogP contribution < -0.4 is 5.32 Å². The molecule has 0 spiro atoms. The van der Waals surface area contributed by atoms with Crippen LogP contribution in [0, 0.1) is 6.92 Å². The van der Waals surface area contributed by atoms with Crippen LogP contribution in [0.2, 0.25) is 0 Å². The maximum Gasteiger partial charge on any atom is 0.134 e. The van der Waals surface area contributed by atoms with Crippen LogP contribution in [0.4, 0.5) is 0 Å². The van der Waals surface area contributed by atoms with Gasteiger partial charge in [-0.1, -0.05) is 25.1 Å². The van der Waals surface area contributed by atoms with E-state index < -0.39 is 0 Å². The predicted molar refractivity (Wildman–Crippen MR) is 84.3 cm³/mol. The van der Waals surface area contributed by atoms with Gasteiger partial charge in [0.2, 0.25) is 0 Å². The molecule has 21 heavy (non-hydrogen) atoms. The van der Waals surface area contributed by atoms with Gasteiger partial charge < -0.3 is 9.73 Å². The molecule has 0 fully saturated rings. The third-order valence-electron chi connectivity index (χ3n) is 3.58. The molecule has 0 aliphatic heterocycles. The van der Waals surface area contributed by atoms with Crippen LogP contribution in [0.5, 0.6) is 0 Å². The van der Waals surface area contributed by atoms with Crippen LogP contribution in [-0.4, -0.2) is 16.3 Å². The van der Waals surface area contributed by atoms with Crippen molar-refractivity contribution in [3.63, 3.8) is 0 Å². The van der Waals surface area contributed by atoms with E-state index in [1.165, 1.54) is 16.5 Å². The van der Waals surface area contributed by atoms with Crippen molar-refractivity contribution in [1.82, 2.24) is 15.1 Å². The molecule has 0 saturated carbocycles. The number of nitrogens with zero attached hydrogens (tertiary/aromatic N) is 2. The van der Waals surface area contributed by atoms with Crippen LogP contribution in [0.1, 0.15) is 30.2 Å². The van der Waals surface area contributed by atoms with Crippen molar-refractivity contribution in [3.05, 3.63) is 53.5 Å². The summed E-state index contributed by atoms with van der Waals surface area (Å²) in [5.41, 5.74) is 3.34. The summed E-state index contributed by atoms with van der Waals surface area (Å²) in [7, 11) is 0. The summed E-state index contributed by atoms with van der Waals surface area (Å²) in [6.07, 6.45) is 5.07. The van der Waals surface area contributed by atoms with Gasteiger partial charge >= 0.3 is 0 Å². The minimum Gasteiger partial charge on any atom is -0.459 e. The van der Waals surface area contributed by atoms with E-state index >= 15 is 0 Å². The van der Waals surface area contributed by atoms with Crippen molar-refractivity contribution in [2.45, 2.75) is 33.4 Å². The molecular weight excluding hydrogens is 262 g/mol. The van der Waals surface area contributed by atoms with E-state index in [-0.39, 0.29) is 0 Å². The zero-order chi connectivity index (χ0) is 14.7. The SMILES string of the molecule is CCCNCc1oc2ccccc2c1Cn1cc(C)cn1. The number of aryl methyl sites for hydroxylation is 1. The highest BCUT2D eigenvalue weighted by atomic mass is 16.3. The molecule has 1 aromatic carbocycles. The van der Waals surface area contributed by atoms with Crippen molar-refractivity contribution >= 4 is 11.0 Å². The molecule has 0 aliphatic carbocycles. The zero-order valence-corrected chi connectivity index (χ0v) is 12.6. The predicted octanol–water partition coefficient (Wildman–Crippen LogP) is 3.49. The number of rotatable bonds is 6. The first-order valence-corrected chi connectivity index (χ1v) is 7.47. The molecule has 0 aliphatic rings. The maximum atomic E-state index is 6.02. The Labute approximate surface area is 124 Å². The minimum atomic E-state index is 0.744. The average molecular weight is 283 g/mol. The molecule has 0 amide bonds. The van der Waals surface area contributed by atoms with Gasteiger partial charge in [-0.05, 0) is 31.5 Å². The minimum absolute atomic E-state index is 0.744. The molecule has 3 rings (SSSR count). The van der Waals surface area contributed by atoms with E-state index in [0.29, 0.717) is 0 Å². The van der Waals surface area contributed by atoms with Crippen molar-refractivity contribution in [3.8, 4) is 0 Å². The fourth-order valence-corrected chi connectivity index (χ4v) is 2.56. The second kappa shape index (κ2) is 6.14. The summed E-state index contributed by atoms with van der Waals surface area (Å²) in [5, 5.41) is 8.99. The third-order valence-corrected chi connectivity index (χ3v) is 3.58. The van der Waals surface area contributed by atoms with Gasteiger partial charge in [0.15, 0.2) is 0 Å². The van der Waals surface area contributed by atoms with Gasteiger partial charge in [0, 0.05) is 17.1 Å². The molecule has 0 saturated heterocycles. The molecular formula is C17H21N3O. The van der Waals surface area contributed by atoms with E-state index in [1.807, 2.05) is 23.0 Å². The number of furan rings is 1. The lowest BCUT2D eigenvalue weighted by molar-refractivity contribution is 0.502. The van der Waals surface area contributed by atoms with Crippen LogP contribution >= 0.6 is 0 Å². The first kappa shape index (κ1) is 13.9. The van der Waals surface area contributed by atoms with Crippen LogP contribution in [0.3, 0.4) is 0 Å². The number of hydrogen-bond acceptors (Lipinski definition) is 3. The normalized spacial score (nSPS) is 11.3. The highest BCUT2D eigenvalue weighted by molar-refractivity contribution is 5.82. The quantitative estimate of drug-likeness (QED) is 0.704. The second-order valence-corrected chi connectivity index (χ2v) is 5.39. The summed E-state index contributed by atoms with van der Waals surface area (Å²) in [6.45, 7) is 6.73. The van der Waals surface area contributed by atoms with E-state index in [4.69, 9.17) is 4.42 Å². The van der Waals surface area contributed by atoms with Crippen molar-refractivity contribution in [2.75, 3.05) is 6.54 Å². The lowest BCUT2D eigenvalue weighted by atomic mass is 10.1. The lowest BCUT2D eigenvalue weighted by Crippen LogP contribution is -2.15. The van der Waals surface area contributed by atoms with E-state index in [9.17, 15) is 0 Å². The number of fused-ring (bicyclic) bond motifs is 1. The molecule has 2 heterocycles. The van der Waals surface area contributed by atoms with Crippen molar-refractivity contribution in [1.29, 1.82) is 0 Å². The molecule has 0 unspecified atom stereocenters. The van der Waals surface area contributed by atoms with Gasteiger partial charge in [-0.25, -0.2) is 0 Å². The molecule has 4 heteroatoms. The Morgan fingerprint density at radius 3 is 2.90 bits per heavy atom. The Kier molecular flexibility index (Phi) is 4.06. The van der Waals surface area contributed by atoms with Gasteiger partial charge in [-0.2, -0.15) is 5.10 Å². The van der Waals surface area contributed by atoms with Gasteiger partial charge in [0.25, 0.3) is 0 Å². The molecule has 0 atom stereocenters. The molecule has 2 aromatic heterocycles. The van der Waals surface area contributed by atoms with Crippen molar-refractivity contribution < 1.29 is 4.42 Å². The van der Waals surface area contributed by atoms with E-state index in [1.54, 1.807) is 0 Å². The second-order valence-electron chi connectivity index (χ2n) is 5.39. The topological polar surface area (TPSA) is 43.0 Å². The highest BCUT2D eigenvalue weighted by Crippen LogP contribution is 2.26. The molecule has 0 bridgehead atoms. The van der Waals surface area contributed by atoms with Crippen LogP contribution in [0.25, 0.3) is 11.0 Å². The fraction of sp³-hybridized carbons (Fsp3) is 0.353. The number of aromatic nitrogens is 2. The van der Waals surface area contributed by atoms with E-state index in [0.717, 1.165) is 37.4 Å². The smallest absolute Gasteiger partial charge is 0.134 e. The number of nitrogens with one attached hydrogen (secondary N) is 1. The Balaban J connectivity index is 1.94. The van der Waals surface area contributed by atoms with Crippen LogP contribution in [-0.2, 0) is 13.1 Å². The summed E-state index contributed by atoms with van der Waals surface area (Å²) >= 11 is 0. The zero-order valence-electron chi connectivity index (χ0n) is 12.6. The summed E-state index contributed by atoms with van der Waals surface area (Å²) in [5.74, 6) is 1.01. The van der Waals surface area contributed by atoms with Gasteiger partial charge in [-0.15, -0.1) is 0 Å². The first-order chi connectivity index (χ1) is 10.3. The van der Waals surface area contributed by atoms with Gasteiger partial charge in [0.1, 0.15) is 11.3 Å². The van der Waals surface area contributed by atoms with Crippen molar-refractivity contribution in [2.24, 2.45) is 0 Å². The van der Waals surface area contributed by atoms with E-state index in [2.05, 4.69) is 42.6 Å². The first-order valence-electron chi connectivity index (χ1n) is 7.47. The molecule has 4 nitrogen and oxygen atoms in total. The summed E-state index contributed by atoms with van der Waals surface area (Å²) in [6, 6.07) is 8.21. The molecule has 1 N–H and O–H groups in total. The van der Waals surface area contributed by atoms with Gasteiger partial charge in [-0.3, -0.25) is 4.68 Å². The maximum absolute atomic E-state index is 6.02. The average Bonchev–Trinajstić information content (AvgIpc) is 3.05. The summed E-state index contributed by atoms with van der Waals surface area (Å²) in [4.78, 5) is 0. The fourth-order valence-electron chi connectivity index (χ4n) is 2.56. The molecule has 0 radical (unpaired) electrons. The lowest BCUT2D eigenvalue weighted by Gasteiger charge is -2.05. The van der Waals surface area contributed by atoms with Gasteiger partial charge in [0.05, 0.1) is 19.3 Å². The molecule has 110 valence electrons. The molecule has 3 aromatic rings. The summed E-state index contributed by atoms with van der Waals surface area (Å²) < 4.78 is 7.99.